The van der Waals surface area contributed by atoms with Crippen LogP contribution < -0.4 is 0 Å². The lowest BCUT2D eigenvalue weighted by Crippen LogP contribution is -2.46. The number of nitrogens with one attached hydrogen (secondary N) is 1. The number of hydrogen-bond acceptors (Lipinski definition) is 6. The van der Waals surface area contributed by atoms with Crippen LogP contribution in [0.4, 0.5) is 13.2 Å². The Hall–Kier alpha value is -3.32. The van der Waals surface area contributed by atoms with Gasteiger partial charge in [0.15, 0.2) is 0 Å². The summed E-state index contributed by atoms with van der Waals surface area (Å²) in [6.07, 6.45) is 1.43. The number of halogens is 3. The molecule has 0 bridgehead atoms. The van der Waals surface area contributed by atoms with Gasteiger partial charge in [-0.25, -0.2) is 18.0 Å². The zero-order valence-corrected chi connectivity index (χ0v) is 23.5. The van der Waals surface area contributed by atoms with Crippen molar-refractivity contribution in [2.75, 3.05) is 14.1 Å². The summed E-state index contributed by atoms with van der Waals surface area (Å²) in [5.74, 6) is -1.31. The molecule has 0 amide bonds. The zero-order chi connectivity index (χ0) is 29.2. The van der Waals surface area contributed by atoms with Crippen LogP contribution in [0.2, 0.25) is 0 Å². The van der Waals surface area contributed by atoms with Gasteiger partial charge in [-0.2, -0.15) is 10.4 Å². The molecule has 0 saturated heterocycles. The second-order valence-corrected chi connectivity index (χ2v) is 11.9. The number of rotatable bonds is 10. The Bertz CT molecular complexity index is 1320. The standard InChI is InChI=1S/C30H37F3N4O3/c1-29(2,17-34)22-10-9-18(13-23(22)31)11-12-30(19-7-5-6-8-19)15-25(38)21(28(39)40-30)14-20-24(16-37(3)4)35-36-26(20)27(32)33/h9-10,13,19,27,38H,5-8,11-12,14-16H2,1-4H3,(H,35,36). The van der Waals surface area contributed by atoms with Gasteiger partial charge in [-0.05, 0) is 71.2 Å². The van der Waals surface area contributed by atoms with Gasteiger partial charge in [0.2, 0.25) is 0 Å². The van der Waals surface area contributed by atoms with Gasteiger partial charge in [0, 0.05) is 30.5 Å². The fraction of sp³-hybridized carbons (Fsp3) is 0.567. The van der Waals surface area contributed by atoms with E-state index in [2.05, 4.69) is 16.3 Å². The molecule has 1 aliphatic carbocycles. The molecule has 2 N–H and O–H groups in total. The number of aliphatic hydroxyl groups is 1. The first kappa shape index (κ1) is 29.7. The van der Waals surface area contributed by atoms with Crippen molar-refractivity contribution < 1.29 is 27.8 Å². The summed E-state index contributed by atoms with van der Waals surface area (Å²) in [6.45, 7) is 3.63. The largest absolute Gasteiger partial charge is 0.512 e. The first-order chi connectivity index (χ1) is 18.9. The Morgan fingerprint density at radius 1 is 1.30 bits per heavy atom. The van der Waals surface area contributed by atoms with Gasteiger partial charge in [-0.15, -0.1) is 0 Å². The van der Waals surface area contributed by atoms with Crippen molar-refractivity contribution in [3.8, 4) is 6.07 Å². The van der Waals surface area contributed by atoms with Crippen molar-refractivity contribution in [1.29, 1.82) is 5.26 Å². The van der Waals surface area contributed by atoms with E-state index in [-0.39, 0.29) is 35.7 Å². The highest BCUT2D eigenvalue weighted by Gasteiger charge is 2.48. The van der Waals surface area contributed by atoms with Crippen LogP contribution in [-0.4, -0.2) is 45.9 Å². The molecule has 0 radical (unpaired) electrons. The topological polar surface area (TPSA) is 102 Å². The molecule has 7 nitrogen and oxygen atoms in total. The monoisotopic (exact) mass is 558 g/mol. The fourth-order valence-electron chi connectivity index (χ4n) is 6.04. The number of carbonyl (C=O) groups excluding carboxylic acids is 1. The third-order valence-corrected chi connectivity index (χ3v) is 8.30. The number of nitriles is 1. The maximum Gasteiger partial charge on any atom is 0.338 e. The van der Waals surface area contributed by atoms with E-state index >= 15 is 0 Å². The molecular weight excluding hydrogens is 521 g/mol. The molecule has 1 aromatic heterocycles. The zero-order valence-electron chi connectivity index (χ0n) is 23.5. The lowest BCUT2D eigenvalue weighted by Gasteiger charge is -2.42. The van der Waals surface area contributed by atoms with Gasteiger partial charge in [0.05, 0.1) is 22.8 Å². The molecule has 40 heavy (non-hydrogen) atoms. The lowest BCUT2D eigenvalue weighted by atomic mass is 9.76. The van der Waals surface area contributed by atoms with E-state index in [1.165, 1.54) is 6.07 Å². The van der Waals surface area contributed by atoms with Crippen LogP contribution in [0.15, 0.2) is 29.5 Å². The molecule has 1 saturated carbocycles. The van der Waals surface area contributed by atoms with Crippen molar-refractivity contribution in [2.24, 2.45) is 5.92 Å². The number of aromatic nitrogens is 2. The number of cyclic esters (lactones) is 1. The molecule has 1 unspecified atom stereocenters. The Morgan fingerprint density at radius 3 is 2.58 bits per heavy atom. The van der Waals surface area contributed by atoms with E-state index in [0.29, 0.717) is 36.2 Å². The van der Waals surface area contributed by atoms with Crippen molar-refractivity contribution in [3.05, 3.63) is 63.4 Å². The smallest absolute Gasteiger partial charge is 0.338 e. The number of aliphatic hydroxyl groups excluding tert-OH is 1. The molecule has 0 spiro atoms. The van der Waals surface area contributed by atoms with Gasteiger partial charge < -0.3 is 14.7 Å². The second-order valence-electron chi connectivity index (χ2n) is 11.9. The Balaban J connectivity index is 1.61. The minimum atomic E-state index is -2.84. The molecular formula is C30H37F3N4O3. The van der Waals surface area contributed by atoms with Crippen LogP contribution >= 0.6 is 0 Å². The summed E-state index contributed by atoms with van der Waals surface area (Å²) in [5.41, 5.74) is -0.770. The highest BCUT2D eigenvalue weighted by Crippen LogP contribution is 2.46. The van der Waals surface area contributed by atoms with Crippen LogP contribution in [0, 0.1) is 23.1 Å². The average molecular weight is 559 g/mol. The molecule has 10 heteroatoms. The number of aryl methyl sites for hydroxylation is 1. The quantitative estimate of drug-likeness (QED) is 0.336. The molecule has 1 aromatic carbocycles. The number of hydrogen-bond donors (Lipinski definition) is 2. The van der Waals surface area contributed by atoms with Crippen molar-refractivity contribution >= 4 is 5.97 Å². The predicted octanol–water partition coefficient (Wildman–Crippen LogP) is 6.21. The molecule has 2 heterocycles. The van der Waals surface area contributed by atoms with E-state index in [4.69, 9.17) is 4.74 Å². The van der Waals surface area contributed by atoms with Gasteiger partial charge >= 0.3 is 5.97 Å². The maximum absolute atomic E-state index is 14.9. The third kappa shape index (κ3) is 6.04. The summed E-state index contributed by atoms with van der Waals surface area (Å²) in [6, 6.07) is 6.93. The molecule has 1 fully saturated rings. The predicted molar refractivity (Wildman–Crippen MR) is 143 cm³/mol. The first-order valence-electron chi connectivity index (χ1n) is 13.7. The van der Waals surface area contributed by atoms with Gasteiger partial charge in [-0.1, -0.05) is 25.0 Å². The Kier molecular flexibility index (Phi) is 8.64. The second kappa shape index (κ2) is 11.7. The van der Waals surface area contributed by atoms with E-state index in [9.17, 15) is 28.3 Å². The number of benzene rings is 1. The average Bonchev–Trinajstić information content (AvgIpc) is 3.56. The summed E-state index contributed by atoms with van der Waals surface area (Å²) >= 11 is 0. The number of nitrogens with zero attached hydrogens (tertiary/aromatic N) is 3. The molecule has 1 aliphatic heterocycles. The SMILES string of the molecule is CN(C)Cc1[nH]nc(C(F)F)c1CC1=C(O)CC(CCc2ccc(C(C)(C)C#N)c(F)c2)(C2CCCC2)OC1=O. The number of alkyl halides is 2. The molecule has 4 rings (SSSR count). The summed E-state index contributed by atoms with van der Waals surface area (Å²) in [4.78, 5) is 15.2. The number of carbonyl (C=O) groups is 1. The summed E-state index contributed by atoms with van der Waals surface area (Å²) in [5, 5.41) is 27.0. The summed E-state index contributed by atoms with van der Waals surface area (Å²) in [7, 11) is 3.58. The number of aromatic amines is 1. The first-order valence-corrected chi connectivity index (χ1v) is 13.7. The van der Waals surface area contributed by atoms with E-state index in [0.717, 1.165) is 25.7 Å². The molecule has 2 aliphatic rings. The van der Waals surface area contributed by atoms with Crippen molar-refractivity contribution in [1.82, 2.24) is 15.1 Å². The van der Waals surface area contributed by atoms with E-state index in [1.807, 2.05) is 0 Å². The molecule has 216 valence electrons. The number of esters is 1. The van der Waals surface area contributed by atoms with Crippen molar-refractivity contribution in [3.63, 3.8) is 0 Å². The normalized spacial score (nSPS) is 20.4. The third-order valence-electron chi connectivity index (χ3n) is 8.30. The fourth-order valence-corrected chi connectivity index (χ4v) is 6.04. The number of ether oxygens (including phenoxy) is 1. The van der Waals surface area contributed by atoms with Gasteiger partial charge in [0.25, 0.3) is 6.43 Å². The van der Waals surface area contributed by atoms with Crippen LogP contribution in [0.5, 0.6) is 0 Å². The molecule has 2 aromatic rings. The van der Waals surface area contributed by atoms with Crippen LogP contribution in [0.3, 0.4) is 0 Å². The highest BCUT2D eigenvalue weighted by molar-refractivity contribution is 5.91. The van der Waals surface area contributed by atoms with E-state index in [1.54, 1.807) is 45.0 Å². The lowest BCUT2D eigenvalue weighted by molar-refractivity contribution is -0.167. The minimum absolute atomic E-state index is 0.0247. The van der Waals surface area contributed by atoms with Crippen LogP contribution in [0.25, 0.3) is 0 Å². The van der Waals surface area contributed by atoms with Gasteiger partial charge in [0.1, 0.15) is 22.9 Å². The minimum Gasteiger partial charge on any atom is -0.512 e. The molecule has 1 atom stereocenters. The highest BCUT2D eigenvalue weighted by atomic mass is 19.3. The van der Waals surface area contributed by atoms with Gasteiger partial charge in [-0.3, -0.25) is 5.10 Å². The van der Waals surface area contributed by atoms with Crippen LogP contribution in [0.1, 0.15) is 86.9 Å². The maximum atomic E-state index is 14.9. The van der Waals surface area contributed by atoms with Crippen molar-refractivity contribution in [2.45, 2.75) is 89.2 Å². The van der Waals surface area contributed by atoms with Crippen LogP contribution in [-0.2, 0) is 34.3 Å². The summed E-state index contributed by atoms with van der Waals surface area (Å²) < 4.78 is 48.5. The Labute approximate surface area is 233 Å². The number of H-pyrrole nitrogens is 1. The van der Waals surface area contributed by atoms with E-state index < -0.39 is 34.9 Å². The Morgan fingerprint density at radius 2 is 2.00 bits per heavy atom.